The molecule has 0 bridgehead atoms. The molecule has 2 amide bonds. The number of amides is 2. The Labute approximate surface area is 66.1 Å². The molecule has 0 spiro atoms. The first kappa shape index (κ1) is 9.94. The van der Waals surface area contributed by atoms with Crippen molar-refractivity contribution in [1.82, 2.24) is 5.32 Å². The smallest absolute Gasteiger partial charge is 0.219 e. The zero-order valence-electron chi connectivity index (χ0n) is 6.72. The molecule has 4 heteroatoms. The van der Waals surface area contributed by atoms with Crippen molar-refractivity contribution in [1.29, 1.82) is 0 Å². The molecule has 0 saturated heterocycles. The summed E-state index contributed by atoms with van der Waals surface area (Å²) in [7, 11) is 1.59. The van der Waals surface area contributed by atoms with E-state index in [1.807, 2.05) is 0 Å². The van der Waals surface area contributed by atoms with Crippen molar-refractivity contribution in [3.8, 4) is 0 Å². The van der Waals surface area contributed by atoms with Crippen LogP contribution >= 0.6 is 0 Å². The lowest BCUT2D eigenvalue weighted by atomic mass is 10.2. The lowest BCUT2D eigenvalue weighted by molar-refractivity contribution is -0.121. The Morgan fingerprint density at radius 1 is 1.27 bits per heavy atom. The van der Waals surface area contributed by atoms with Gasteiger partial charge in [0.15, 0.2) is 0 Å². The zero-order chi connectivity index (χ0) is 8.69. The molecule has 0 aromatic rings. The van der Waals surface area contributed by atoms with Crippen molar-refractivity contribution in [2.45, 2.75) is 25.7 Å². The zero-order valence-corrected chi connectivity index (χ0v) is 6.72. The number of hydrogen-bond acceptors (Lipinski definition) is 2. The van der Waals surface area contributed by atoms with Gasteiger partial charge in [-0.25, -0.2) is 0 Å². The van der Waals surface area contributed by atoms with Crippen LogP contribution in [0.4, 0.5) is 0 Å². The highest BCUT2D eigenvalue weighted by molar-refractivity contribution is 5.76. The van der Waals surface area contributed by atoms with Crippen molar-refractivity contribution in [3.63, 3.8) is 0 Å². The molecule has 0 fully saturated rings. The quantitative estimate of drug-likeness (QED) is 0.543. The monoisotopic (exact) mass is 158 g/mol. The van der Waals surface area contributed by atoms with Crippen LogP contribution in [0.1, 0.15) is 25.7 Å². The number of unbranched alkanes of at least 4 members (excludes halogenated alkanes) is 1. The summed E-state index contributed by atoms with van der Waals surface area (Å²) in [6.07, 6.45) is 2.27. The van der Waals surface area contributed by atoms with Gasteiger partial charge in [-0.1, -0.05) is 0 Å². The first-order valence-electron chi connectivity index (χ1n) is 3.65. The average Bonchev–Trinajstić information content (AvgIpc) is 1.97. The molecule has 0 aliphatic rings. The second kappa shape index (κ2) is 5.70. The molecule has 4 nitrogen and oxygen atoms in total. The molecule has 0 aromatic heterocycles. The Balaban J connectivity index is 3.14. The van der Waals surface area contributed by atoms with Gasteiger partial charge in [-0.3, -0.25) is 9.59 Å². The Kier molecular flexibility index (Phi) is 5.15. The summed E-state index contributed by atoms with van der Waals surface area (Å²) in [5.41, 5.74) is 4.90. The first-order chi connectivity index (χ1) is 5.16. The highest BCUT2D eigenvalue weighted by Gasteiger charge is 1.98. The fourth-order valence-corrected chi connectivity index (χ4v) is 0.710. The number of carbonyl (C=O) groups is 2. The van der Waals surface area contributed by atoms with Crippen LogP contribution in [0.15, 0.2) is 0 Å². The molecule has 0 unspecified atom stereocenters. The van der Waals surface area contributed by atoms with Crippen molar-refractivity contribution in [2.24, 2.45) is 5.73 Å². The second-order valence-corrected chi connectivity index (χ2v) is 2.35. The molecule has 11 heavy (non-hydrogen) atoms. The summed E-state index contributed by atoms with van der Waals surface area (Å²) in [6.45, 7) is 0. The van der Waals surface area contributed by atoms with Gasteiger partial charge in [0.1, 0.15) is 0 Å². The maximum atomic E-state index is 10.6. The Morgan fingerprint density at radius 3 is 2.27 bits per heavy atom. The fraction of sp³-hybridized carbons (Fsp3) is 0.714. The largest absolute Gasteiger partial charge is 0.370 e. The standard InChI is InChI=1S/C7H14N2O2/c1-9-7(11)5-3-2-4-6(8)10/h2-5H2,1H3,(H2,8,10)(H,9,11). The highest BCUT2D eigenvalue weighted by Crippen LogP contribution is 1.98. The molecule has 0 aliphatic heterocycles. The maximum absolute atomic E-state index is 10.6. The number of nitrogens with two attached hydrogens (primary N) is 1. The van der Waals surface area contributed by atoms with E-state index in [2.05, 4.69) is 5.32 Å². The SMILES string of the molecule is CNC(=O)CCCCC(N)=O. The van der Waals surface area contributed by atoms with Crippen LogP contribution in [0.25, 0.3) is 0 Å². The maximum Gasteiger partial charge on any atom is 0.219 e. The highest BCUT2D eigenvalue weighted by atomic mass is 16.1. The van der Waals surface area contributed by atoms with E-state index in [4.69, 9.17) is 5.73 Å². The fourth-order valence-electron chi connectivity index (χ4n) is 0.710. The van der Waals surface area contributed by atoms with Crippen molar-refractivity contribution < 1.29 is 9.59 Å². The molecule has 0 saturated carbocycles. The van der Waals surface area contributed by atoms with Gasteiger partial charge in [0, 0.05) is 19.9 Å². The van der Waals surface area contributed by atoms with Gasteiger partial charge in [-0.15, -0.1) is 0 Å². The van der Waals surface area contributed by atoms with Crippen LogP contribution in [0, 0.1) is 0 Å². The number of nitrogens with one attached hydrogen (secondary N) is 1. The van der Waals surface area contributed by atoms with Crippen LogP contribution in [0.5, 0.6) is 0 Å². The third-order valence-electron chi connectivity index (χ3n) is 1.36. The van der Waals surface area contributed by atoms with Crippen molar-refractivity contribution >= 4 is 11.8 Å². The molecular formula is C7H14N2O2. The summed E-state index contributed by atoms with van der Waals surface area (Å²) in [5.74, 6) is -0.295. The third kappa shape index (κ3) is 6.83. The van der Waals surface area contributed by atoms with Crippen LogP contribution < -0.4 is 11.1 Å². The van der Waals surface area contributed by atoms with E-state index in [0.717, 1.165) is 6.42 Å². The number of hydrogen-bond donors (Lipinski definition) is 2. The molecule has 0 radical (unpaired) electrons. The molecule has 0 heterocycles. The minimum atomic E-state index is -0.304. The predicted molar refractivity (Wildman–Crippen MR) is 41.7 cm³/mol. The molecule has 0 aliphatic carbocycles. The van der Waals surface area contributed by atoms with Gasteiger partial charge in [-0.05, 0) is 12.8 Å². The summed E-state index contributed by atoms with van der Waals surface area (Å²) in [5, 5.41) is 2.50. The van der Waals surface area contributed by atoms with E-state index in [-0.39, 0.29) is 11.8 Å². The molecule has 3 N–H and O–H groups in total. The van der Waals surface area contributed by atoms with E-state index in [9.17, 15) is 9.59 Å². The predicted octanol–water partition coefficient (Wildman–Crippen LogP) is -0.222. The molecule has 0 atom stereocenters. The van der Waals surface area contributed by atoms with Crippen molar-refractivity contribution in [3.05, 3.63) is 0 Å². The van der Waals surface area contributed by atoms with E-state index < -0.39 is 0 Å². The number of rotatable bonds is 5. The first-order valence-corrected chi connectivity index (χ1v) is 3.65. The van der Waals surface area contributed by atoms with Gasteiger partial charge < -0.3 is 11.1 Å². The Hall–Kier alpha value is -1.06. The minimum Gasteiger partial charge on any atom is -0.370 e. The molecule has 0 aromatic carbocycles. The average molecular weight is 158 g/mol. The summed E-state index contributed by atoms with van der Waals surface area (Å²) < 4.78 is 0. The Bertz CT molecular complexity index is 145. The van der Waals surface area contributed by atoms with Gasteiger partial charge in [0.25, 0.3) is 0 Å². The van der Waals surface area contributed by atoms with Gasteiger partial charge in [0.05, 0.1) is 0 Å². The van der Waals surface area contributed by atoms with E-state index in [1.165, 1.54) is 0 Å². The number of carbonyl (C=O) groups excluding carboxylic acids is 2. The normalized spacial score (nSPS) is 9.18. The van der Waals surface area contributed by atoms with Crippen LogP contribution in [0.3, 0.4) is 0 Å². The van der Waals surface area contributed by atoms with Gasteiger partial charge in [-0.2, -0.15) is 0 Å². The number of primary amides is 1. The van der Waals surface area contributed by atoms with E-state index >= 15 is 0 Å². The lowest BCUT2D eigenvalue weighted by Crippen LogP contribution is -2.17. The molecular weight excluding hydrogens is 144 g/mol. The summed E-state index contributed by atoms with van der Waals surface area (Å²) in [4.78, 5) is 20.9. The van der Waals surface area contributed by atoms with E-state index in [0.29, 0.717) is 19.3 Å². The van der Waals surface area contributed by atoms with Crippen molar-refractivity contribution in [2.75, 3.05) is 7.05 Å². The topological polar surface area (TPSA) is 72.2 Å². The van der Waals surface area contributed by atoms with Crippen LogP contribution in [-0.2, 0) is 9.59 Å². The van der Waals surface area contributed by atoms with Gasteiger partial charge >= 0.3 is 0 Å². The third-order valence-corrected chi connectivity index (χ3v) is 1.36. The second-order valence-electron chi connectivity index (χ2n) is 2.35. The van der Waals surface area contributed by atoms with E-state index in [1.54, 1.807) is 7.05 Å². The van der Waals surface area contributed by atoms with Gasteiger partial charge in [0.2, 0.25) is 11.8 Å². The van der Waals surface area contributed by atoms with Crippen LogP contribution in [-0.4, -0.2) is 18.9 Å². The van der Waals surface area contributed by atoms with Crippen LogP contribution in [0.2, 0.25) is 0 Å². The molecule has 0 rings (SSSR count). The Morgan fingerprint density at radius 2 is 1.82 bits per heavy atom. The summed E-state index contributed by atoms with van der Waals surface area (Å²) >= 11 is 0. The molecule has 64 valence electrons. The minimum absolute atomic E-state index is 0.00877. The summed E-state index contributed by atoms with van der Waals surface area (Å²) in [6, 6.07) is 0. The lowest BCUT2D eigenvalue weighted by Gasteiger charge is -1.97.